The lowest BCUT2D eigenvalue weighted by Gasteiger charge is -2.27. The zero-order chi connectivity index (χ0) is 23.5. The number of amides is 2. The molecule has 1 atom stereocenters. The number of morpholine rings is 1. The van der Waals surface area contributed by atoms with Gasteiger partial charge in [0.1, 0.15) is 12.4 Å². The summed E-state index contributed by atoms with van der Waals surface area (Å²) in [6, 6.07) is 11.2. The van der Waals surface area contributed by atoms with E-state index in [1.165, 1.54) is 11.3 Å². The Morgan fingerprint density at radius 1 is 1.21 bits per heavy atom. The number of allylic oxidation sites excluding steroid dienone is 1. The number of carbonyl (C=O) groups excluding carboxylic acids is 2. The van der Waals surface area contributed by atoms with Crippen LogP contribution in [0, 0.1) is 0 Å². The normalized spacial score (nSPS) is 17.9. The van der Waals surface area contributed by atoms with Crippen molar-refractivity contribution in [3.05, 3.63) is 75.5 Å². The van der Waals surface area contributed by atoms with Crippen molar-refractivity contribution in [1.82, 2.24) is 14.9 Å². The van der Waals surface area contributed by atoms with Crippen molar-refractivity contribution in [2.45, 2.75) is 12.5 Å². The molecule has 1 aromatic carbocycles. The number of aromatic nitrogens is 2. The molecule has 1 fully saturated rings. The van der Waals surface area contributed by atoms with Crippen LogP contribution < -0.4 is 10.2 Å². The fraction of sp³-hybridized carbons (Fsp3) is 0.250. The topological polar surface area (TPSA) is 88.8 Å². The molecular formula is C24H22ClN5O3S. The van der Waals surface area contributed by atoms with Crippen molar-refractivity contribution >= 4 is 46.7 Å². The Balaban J connectivity index is 1.39. The summed E-state index contributed by atoms with van der Waals surface area (Å²) in [5.74, 6) is 0.630. The molecule has 8 nitrogen and oxygen atoms in total. The van der Waals surface area contributed by atoms with Gasteiger partial charge in [-0.1, -0.05) is 17.7 Å². The smallest absolute Gasteiger partial charge is 0.261 e. The van der Waals surface area contributed by atoms with Crippen molar-refractivity contribution < 1.29 is 14.3 Å². The average molecular weight is 496 g/mol. The van der Waals surface area contributed by atoms with Gasteiger partial charge in [0.25, 0.3) is 11.8 Å². The summed E-state index contributed by atoms with van der Waals surface area (Å²) < 4.78 is 7.81. The van der Waals surface area contributed by atoms with Crippen LogP contribution in [0.1, 0.15) is 27.1 Å². The molecule has 10 heteroatoms. The zero-order valence-electron chi connectivity index (χ0n) is 18.2. The van der Waals surface area contributed by atoms with E-state index < -0.39 is 0 Å². The highest BCUT2D eigenvalue weighted by Crippen LogP contribution is 2.26. The highest BCUT2D eigenvalue weighted by Gasteiger charge is 2.22. The number of hydrogen-bond donors (Lipinski definition) is 1. The third-order valence-electron chi connectivity index (χ3n) is 5.60. The Labute approximate surface area is 205 Å². The molecule has 0 radical (unpaired) electrons. The Kier molecular flexibility index (Phi) is 6.57. The number of nitrogens with one attached hydrogen (secondary N) is 1. The van der Waals surface area contributed by atoms with Gasteiger partial charge in [0.2, 0.25) is 0 Å². The van der Waals surface area contributed by atoms with E-state index in [9.17, 15) is 9.59 Å². The van der Waals surface area contributed by atoms with Gasteiger partial charge in [0.15, 0.2) is 0 Å². The number of rotatable bonds is 6. The van der Waals surface area contributed by atoms with Crippen LogP contribution in [0.5, 0.6) is 0 Å². The molecule has 5 rings (SSSR count). The second kappa shape index (κ2) is 9.92. The number of imidazole rings is 1. The summed E-state index contributed by atoms with van der Waals surface area (Å²) >= 11 is 7.18. The van der Waals surface area contributed by atoms with Crippen LogP contribution in [0.3, 0.4) is 0 Å². The molecule has 0 aliphatic carbocycles. The van der Waals surface area contributed by atoms with E-state index in [0.717, 1.165) is 22.9 Å². The van der Waals surface area contributed by atoms with Crippen molar-refractivity contribution in [3.63, 3.8) is 0 Å². The molecule has 1 unspecified atom stereocenters. The van der Waals surface area contributed by atoms with Crippen molar-refractivity contribution in [2.24, 2.45) is 4.99 Å². The van der Waals surface area contributed by atoms with Crippen LogP contribution in [-0.4, -0.2) is 53.9 Å². The quantitative estimate of drug-likeness (QED) is 0.566. The van der Waals surface area contributed by atoms with Crippen LogP contribution in [0.2, 0.25) is 4.34 Å². The molecule has 3 aromatic rings. The van der Waals surface area contributed by atoms with Crippen molar-refractivity contribution in [3.8, 4) is 5.69 Å². The van der Waals surface area contributed by atoms with Gasteiger partial charge in [0.05, 0.1) is 40.5 Å². The maximum absolute atomic E-state index is 12.4. The minimum atomic E-state index is -0.185. The highest BCUT2D eigenvalue weighted by atomic mass is 35.5. The number of halogens is 1. The predicted molar refractivity (Wildman–Crippen MR) is 132 cm³/mol. The van der Waals surface area contributed by atoms with Crippen LogP contribution in [0.4, 0.5) is 5.69 Å². The Hall–Kier alpha value is -3.27. The lowest BCUT2D eigenvalue weighted by atomic mass is 10.1. The third kappa shape index (κ3) is 4.82. The molecule has 34 heavy (non-hydrogen) atoms. The molecule has 1 N–H and O–H groups in total. The first-order valence-electron chi connectivity index (χ1n) is 10.9. The first-order chi connectivity index (χ1) is 16.6. The van der Waals surface area contributed by atoms with Gasteiger partial charge < -0.3 is 19.5 Å². The maximum atomic E-state index is 12.4. The minimum Gasteiger partial charge on any atom is -0.370 e. The largest absolute Gasteiger partial charge is 0.370 e. The molecule has 2 aliphatic rings. The molecule has 4 heterocycles. The Morgan fingerprint density at radius 3 is 2.74 bits per heavy atom. The summed E-state index contributed by atoms with van der Waals surface area (Å²) in [5.41, 5.74) is 2.49. The van der Waals surface area contributed by atoms with E-state index in [-0.39, 0.29) is 30.9 Å². The molecule has 0 bridgehead atoms. The van der Waals surface area contributed by atoms with Gasteiger partial charge in [-0.15, -0.1) is 11.3 Å². The van der Waals surface area contributed by atoms with Gasteiger partial charge in [0, 0.05) is 30.3 Å². The molecule has 2 aromatic heterocycles. The number of aliphatic imine (C=N–C) groups is 1. The summed E-state index contributed by atoms with van der Waals surface area (Å²) in [6.07, 6.45) is 7.70. The Bertz CT molecular complexity index is 1260. The number of thiophene rings is 1. The van der Waals surface area contributed by atoms with Gasteiger partial charge >= 0.3 is 0 Å². The number of hydrogen-bond acceptors (Lipinski definition) is 6. The van der Waals surface area contributed by atoms with E-state index in [1.807, 2.05) is 41.1 Å². The molecule has 174 valence electrons. The standard InChI is InChI=1S/C24H22ClN5O3S/c25-21-8-7-20(34-21)24(32)27-13-17-14-30(23(28-17)16-2-1-9-26-12-16)19-5-3-18(4-6-19)29-10-11-33-15-22(29)31/h1-9,14,16H,10-13,15H2,(H,27,32). The first kappa shape index (κ1) is 22.5. The van der Waals surface area contributed by atoms with Crippen LogP contribution >= 0.6 is 22.9 Å². The lowest BCUT2D eigenvalue weighted by Crippen LogP contribution is -2.41. The third-order valence-corrected chi connectivity index (χ3v) is 6.83. The number of benzene rings is 1. The summed E-state index contributed by atoms with van der Waals surface area (Å²) in [6.45, 7) is 2.07. The second-order valence-electron chi connectivity index (χ2n) is 7.87. The van der Waals surface area contributed by atoms with Crippen LogP contribution in [-0.2, 0) is 16.1 Å². The monoisotopic (exact) mass is 495 g/mol. The van der Waals surface area contributed by atoms with E-state index in [4.69, 9.17) is 21.3 Å². The number of dihydropyridines is 1. The van der Waals surface area contributed by atoms with Crippen molar-refractivity contribution in [1.29, 1.82) is 0 Å². The van der Waals surface area contributed by atoms with E-state index in [2.05, 4.69) is 16.4 Å². The number of carbonyl (C=O) groups is 2. The molecule has 2 aliphatic heterocycles. The van der Waals surface area contributed by atoms with Gasteiger partial charge in [-0.3, -0.25) is 14.6 Å². The summed E-state index contributed by atoms with van der Waals surface area (Å²) in [7, 11) is 0. The van der Waals surface area contributed by atoms with E-state index in [1.54, 1.807) is 23.2 Å². The number of anilines is 1. The molecule has 0 spiro atoms. The maximum Gasteiger partial charge on any atom is 0.261 e. The number of ether oxygens (including phenoxy) is 1. The highest BCUT2D eigenvalue weighted by molar-refractivity contribution is 7.18. The minimum absolute atomic E-state index is 0.0195. The zero-order valence-corrected chi connectivity index (χ0v) is 19.8. The summed E-state index contributed by atoms with van der Waals surface area (Å²) in [5, 5.41) is 2.91. The molecular weight excluding hydrogens is 474 g/mol. The SMILES string of the molecule is O=C(NCc1cn(-c2ccc(N3CCOCC3=O)cc2)c(C2C=CC=NC2)n1)c1ccc(Cl)s1. The van der Waals surface area contributed by atoms with Crippen LogP contribution in [0.25, 0.3) is 5.69 Å². The van der Waals surface area contributed by atoms with Crippen LogP contribution in [0.15, 0.2) is 59.7 Å². The van der Waals surface area contributed by atoms with E-state index in [0.29, 0.717) is 28.9 Å². The van der Waals surface area contributed by atoms with E-state index >= 15 is 0 Å². The molecule has 0 saturated carbocycles. The van der Waals surface area contributed by atoms with Gasteiger partial charge in [-0.2, -0.15) is 0 Å². The van der Waals surface area contributed by atoms with Crippen molar-refractivity contribution in [2.75, 3.05) is 31.2 Å². The van der Waals surface area contributed by atoms with Gasteiger partial charge in [-0.25, -0.2) is 4.98 Å². The lowest BCUT2D eigenvalue weighted by molar-refractivity contribution is -0.125. The first-order valence-corrected chi connectivity index (χ1v) is 12.0. The average Bonchev–Trinajstić information content (AvgIpc) is 3.50. The predicted octanol–water partition coefficient (Wildman–Crippen LogP) is 3.60. The molecule has 1 saturated heterocycles. The summed E-state index contributed by atoms with van der Waals surface area (Å²) in [4.78, 5) is 36.1. The van der Waals surface area contributed by atoms with Gasteiger partial charge in [-0.05, 0) is 42.5 Å². The Morgan fingerprint density at radius 2 is 2.03 bits per heavy atom. The second-order valence-corrected chi connectivity index (χ2v) is 9.58. The molecule has 2 amide bonds. The fourth-order valence-electron chi connectivity index (χ4n) is 3.92. The number of nitrogens with zero attached hydrogens (tertiary/aromatic N) is 4. The fourth-order valence-corrected chi connectivity index (χ4v) is 4.88.